The quantitative estimate of drug-likeness (QED) is 0.830. The molecule has 3 nitrogen and oxygen atoms in total. The molecule has 1 heterocycles. The van der Waals surface area contributed by atoms with Gasteiger partial charge in [0, 0.05) is 6.42 Å². The number of anilines is 1. The van der Waals surface area contributed by atoms with Gasteiger partial charge in [0.05, 0.1) is 5.69 Å². The summed E-state index contributed by atoms with van der Waals surface area (Å²) in [4.78, 5) is 11.7. The minimum absolute atomic E-state index is 0.196. The molecular formula is C13H15F3N2O. The van der Waals surface area contributed by atoms with E-state index >= 15 is 0 Å². The van der Waals surface area contributed by atoms with Crippen LogP contribution in [-0.4, -0.2) is 19.0 Å². The lowest BCUT2D eigenvalue weighted by molar-refractivity contribution is -0.117. The van der Waals surface area contributed by atoms with Crippen LogP contribution < -0.4 is 10.6 Å². The minimum atomic E-state index is -1.57. The Hall–Kier alpha value is -1.56. The molecule has 1 saturated heterocycles. The number of carbonyl (C=O) groups excluding carboxylic acids is 1. The first-order chi connectivity index (χ1) is 9.08. The van der Waals surface area contributed by atoms with Gasteiger partial charge in [-0.15, -0.1) is 0 Å². The average Bonchev–Trinajstić information content (AvgIpc) is 2.41. The standard InChI is InChI=1S/C13H15F3N2O/c14-9-3-4-10(13(16)12(9)15)18-11(19)6-8-2-1-5-17-7-8/h3-4,8,17H,1-2,5-7H2,(H,18,19). The molecule has 19 heavy (non-hydrogen) atoms. The number of amides is 1. The van der Waals surface area contributed by atoms with E-state index in [1.807, 2.05) is 0 Å². The highest BCUT2D eigenvalue weighted by Crippen LogP contribution is 2.21. The normalized spacial score (nSPS) is 19.2. The molecule has 1 aliphatic heterocycles. The first kappa shape index (κ1) is 13.9. The van der Waals surface area contributed by atoms with Crippen LogP contribution in [0.5, 0.6) is 0 Å². The van der Waals surface area contributed by atoms with Crippen molar-refractivity contribution in [3.8, 4) is 0 Å². The van der Waals surface area contributed by atoms with E-state index in [2.05, 4.69) is 10.6 Å². The maximum atomic E-state index is 13.4. The number of halogens is 3. The van der Waals surface area contributed by atoms with Gasteiger partial charge in [-0.2, -0.15) is 0 Å². The van der Waals surface area contributed by atoms with Crippen LogP contribution >= 0.6 is 0 Å². The van der Waals surface area contributed by atoms with Crippen molar-refractivity contribution < 1.29 is 18.0 Å². The molecule has 1 aliphatic rings. The van der Waals surface area contributed by atoms with Crippen LogP contribution in [0.15, 0.2) is 12.1 Å². The van der Waals surface area contributed by atoms with Crippen LogP contribution in [0.2, 0.25) is 0 Å². The lowest BCUT2D eigenvalue weighted by Gasteiger charge is -2.22. The van der Waals surface area contributed by atoms with E-state index in [0.29, 0.717) is 0 Å². The second-order valence-corrected chi connectivity index (χ2v) is 4.69. The fourth-order valence-electron chi connectivity index (χ4n) is 2.18. The van der Waals surface area contributed by atoms with Crippen molar-refractivity contribution in [1.82, 2.24) is 5.32 Å². The summed E-state index contributed by atoms with van der Waals surface area (Å²) in [5.41, 5.74) is -0.326. The molecule has 0 spiro atoms. The lowest BCUT2D eigenvalue weighted by atomic mass is 9.96. The van der Waals surface area contributed by atoms with Crippen molar-refractivity contribution in [2.45, 2.75) is 19.3 Å². The Morgan fingerprint density at radius 1 is 1.32 bits per heavy atom. The maximum absolute atomic E-state index is 13.4. The number of carbonyl (C=O) groups is 1. The maximum Gasteiger partial charge on any atom is 0.224 e. The van der Waals surface area contributed by atoms with Crippen molar-refractivity contribution in [2.75, 3.05) is 18.4 Å². The third-order valence-electron chi connectivity index (χ3n) is 3.18. The summed E-state index contributed by atoms with van der Waals surface area (Å²) < 4.78 is 39.1. The predicted molar refractivity (Wildman–Crippen MR) is 65.2 cm³/mol. The Labute approximate surface area is 109 Å². The fraction of sp³-hybridized carbons (Fsp3) is 0.462. The molecule has 104 valence electrons. The van der Waals surface area contributed by atoms with Crippen molar-refractivity contribution >= 4 is 11.6 Å². The van der Waals surface area contributed by atoms with Gasteiger partial charge in [0.2, 0.25) is 5.91 Å². The van der Waals surface area contributed by atoms with Gasteiger partial charge in [-0.3, -0.25) is 4.79 Å². The number of benzene rings is 1. The van der Waals surface area contributed by atoms with Crippen LogP contribution in [-0.2, 0) is 4.79 Å². The lowest BCUT2D eigenvalue weighted by Crippen LogP contribution is -2.32. The molecule has 0 aromatic heterocycles. The Bertz CT molecular complexity index is 473. The highest BCUT2D eigenvalue weighted by molar-refractivity contribution is 5.91. The van der Waals surface area contributed by atoms with E-state index in [9.17, 15) is 18.0 Å². The van der Waals surface area contributed by atoms with Gasteiger partial charge < -0.3 is 10.6 Å². The number of piperidine rings is 1. The SMILES string of the molecule is O=C(CC1CCCNC1)Nc1ccc(F)c(F)c1F. The Morgan fingerprint density at radius 2 is 2.11 bits per heavy atom. The molecule has 0 radical (unpaired) electrons. The van der Waals surface area contributed by atoms with Gasteiger partial charge in [-0.25, -0.2) is 13.2 Å². The third kappa shape index (κ3) is 3.47. The molecule has 1 unspecified atom stereocenters. The molecule has 1 amide bonds. The van der Waals surface area contributed by atoms with Gasteiger partial charge in [0.1, 0.15) is 0 Å². The Morgan fingerprint density at radius 3 is 2.79 bits per heavy atom. The zero-order chi connectivity index (χ0) is 13.8. The van der Waals surface area contributed by atoms with E-state index < -0.39 is 23.4 Å². The summed E-state index contributed by atoms with van der Waals surface area (Å²) in [6, 6.07) is 1.81. The van der Waals surface area contributed by atoms with Crippen molar-refractivity contribution in [3.05, 3.63) is 29.6 Å². The molecule has 1 atom stereocenters. The zero-order valence-electron chi connectivity index (χ0n) is 10.3. The molecule has 0 saturated carbocycles. The number of nitrogens with one attached hydrogen (secondary N) is 2. The fourth-order valence-corrected chi connectivity index (χ4v) is 2.18. The summed E-state index contributed by atoms with van der Waals surface area (Å²) in [6.45, 7) is 1.68. The predicted octanol–water partition coefficient (Wildman–Crippen LogP) is 2.43. The van der Waals surface area contributed by atoms with Crippen LogP contribution in [0.1, 0.15) is 19.3 Å². The molecule has 1 aromatic rings. The summed E-state index contributed by atoms with van der Waals surface area (Å²) >= 11 is 0. The second-order valence-electron chi connectivity index (χ2n) is 4.69. The molecule has 0 aliphatic carbocycles. The third-order valence-corrected chi connectivity index (χ3v) is 3.18. The van der Waals surface area contributed by atoms with Crippen LogP contribution in [0.4, 0.5) is 18.9 Å². The van der Waals surface area contributed by atoms with Crippen molar-refractivity contribution in [3.63, 3.8) is 0 Å². The molecule has 1 aromatic carbocycles. The average molecular weight is 272 g/mol. The van der Waals surface area contributed by atoms with Gasteiger partial charge in [-0.05, 0) is 44.0 Å². The molecule has 1 fully saturated rings. The highest BCUT2D eigenvalue weighted by Gasteiger charge is 2.19. The summed E-state index contributed by atoms with van der Waals surface area (Å²) in [6.07, 6.45) is 2.17. The number of hydrogen-bond acceptors (Lipinski definition) is 2. The number of rotatable bonds is 3. The zero-order valence-corrected chi connectivity index (χ0v) is 10.3. The van der Waals surface area contributed by atoms with Crippen LogP contribution in [0.25, 0.3) is 0 Å². The van der Waals surface area contributed by atoms with E-state index in [-0.39, 0.29) is 18.0 Å². The van der Waals surface area contributed by atoms with Crippen LogP contribution in [0, 0.1) is 23.4 Å². The monoisotopic (exact) mass is 272 g/mol. The largest absolute Gasteiger partial charge is 0.323 e. The van der Waals surface area contributed by atoms with E-state index in [0.717, 1.165) is 38.1 Å². The van der Waals surface area contributed by atoms with E-state index in [4.69, 9.17) is 0 Å². The van der Waals surface area contributed by atoms with E-state index in [1.54, 1.807) is 0 Å². The topological polar surface area (TPSA) is 41.1 Å². The molecule has 2 N–H and O–H groups in total. The summed E-state index contributed by atoms with van der Waals surface area (Å²) in [7, 11) is 0. The van der Waals surface area contributed by atoms with Crippen molar-refractivity contribution in [2.24, 2.45) is 5.92 Å². The second kappa shape index (κ2) is 6.06. The van der Waals surface area contributed by atoms with Gasteiger partial charge in [0.15, 0.2) is 17.5 Å². The highest BCUT2D eigenvalue weighted by atomic mass is 19.2. The Balaban J connectivity index is 1.97. The first-order valence-corrected chi connectivity index (χ1v) is 6.22. The van der Waals surface area contributed by atoms with Gasteiger partial charge in [-0.1, -0.05) is 0 Å². The molecule has 0 bridgehead atoms. The summed E-state index contributed by atoms with van der Waals surface area (Å²) in [5, 5.41) is 5.45. The Kier molecular flexibility index (Phi) is 4.42. The van der Waals surface area contributed by atoms with Gasteiger partial charge in [0.25, 0.3) is 0 Å². The smallest absolute Gasteiger partial charge is 0.224 e. The van der Waals surface area contributed by atoms with Crippen molar-refractivity contribution in [1.29, 1.82) is 0 Å². The van der Waals surface area contributed by atoms with E-state index in [1.165, 1.54) is 0 Å². The molecule has 2 rings (SSSR count). The van der Waals surface area contributed by atoms with Crippen LogP contribution in [0.3, 0.4) is 0 Å². The number of hydrogen-bond donors (Lipinski definition) is 2. The molecule has 6 heteroatoms. The first-order valence-electron chi connectivity index (χ1n) is 6.22. The summed E-state index contributed by atoms with van der Waals surface area (Å²) in [5.74, 6) is -4.40. The minimum Gasteiger partial charge on any atom is -0.323 e. The molecular weight excluding hydrogens is 257 g/mol. The van der Waals surface area contributed by atoms with Gasteiger partial charge >= 0.3 is 0 Å².